The maximum Gasteiger partial charge on any atom is 0.251 e. The van der Waals surface area contributed by atoms with Gasteiger partial charge in [0.15, 0.2) is 0 Å². The summed E-state index contributed by atoms with van der Waals surface area (Å²) < 4.78 is 0. The lowest BCUT2D eigenvalue weighted by Gasteiger charge is -2.34. The number of rotatable bonds is 6. The summed E-state index contributed by atoms with van der Waals surface area (Å²) in [6, 6.07) is 8.67. The first kappa shape index (κ1) is 17.0. The van der Waals surface area contributed by atoms with E-state index in [1.54, 1.807) is 0 Å². The second-order valence-electron chi connectivity index (χ2n) is 6.73. The first-order valence-corrected chi connectivity index (χ1v) is 8.71. The van der Waals surface area contributed by atoms with Crippen LogP contribution < -0.4 is 5.32 Å². The summed E-state index contributed by atoms with van der Waals surface area (Å²) in [5.41, 5.74) is 2.08. The number of likely N-dealkylation sites (tertiary alicyclic amines) is 1. The fraction of sp³-hybridized carbons (Fsp3) is 0.632. The molecule has 2 rings (SSSR count). The Labute approximate surface area is 135 Å². The Hall–Kier alpha value is -1.35. The molecule has 0 atom stereocenters. The van der Waals surface area contributed by atoms with Gasteiger partial charge in [-0.25, -0.2) is 0 Å². The zero-order chi connectivity index (χ0) is 15.9. The molecular formula is C19H30N2O. The highest BCUT2D eigenvalue weighted by atomic mass is 16.1. The Morgan fingerprint density at radius 2 is 1.86 bits per heavy atom. The molecule has 0 saturated carbocycles. The number of amides is 1. The Morgan fingerprint density at radius 3 is 2.41 bits per heavy atom. The molecule has 0 aliphatic carbocycles. The normalized spacial score (nSPS) is 16.9. The summed E-state index contributed by atoms with van der Waals surface area (Å²) >= 11 is 0. The molecule has 1 saturated heterocycles. The smallest absolute Gasteiger partial charge is 0.251 e. The van der Waals surface area contributed by atoms with E-state index in [0.29, 0.717) is 12.0 Å². The van der Waals surface area contributed by atoms with Crippen LogP contribution in [0.5, 0.6) is 0 Å². The van der Waals surface area contributed by atoms with Crippen LogP contribution in [0.2, 0.25) is 0 Å². The monoisotopic (exact) mass is 302 g/mol. The molecule has 3 nitrogen and oxygen atoms in total. The third-order valence-corrected chi connectivity index (χ3v) is 4.69. The molecular weight excluding hydrogens is 272 g/mol. The maximum atomic E-state index is 12.2. The van der Waals surface area contributed by atoms with Crippen molar-refractivity contribution in [1.82, 2.24) is 10.2 Å². The quantitative estimate of drug-likeness (QED) is 0.872. The van der Waals surface area contributed by atoms with Gasteiger partial charge in [0, 0.05) is 18.2 Å². The number of hydrogen-bond donors (Lipinski definition) is 1. The number of nitrogens with zero attached hydrogens (tertiary/aromatic N) is 1. The molecule has 1 amide bonds. The van der Waals surface area contributed by atoms with E-state index in [-0.39, 0.29) is 5.91 Å². The van der Waals surface area contributed by atoms with Crippen LogP contribution in [0.1, 0.15) is 56.0 Å². The first-order valence-electron chi connectivity index (χ1n) is 8.71. The van der Waals surface area contributed by atoms with E-state index >= 15 is 0 Å². The van der Waals surface area contributed by atoms with Gasteiger partial charge in [-0.3, -0.25) is 4.79 Å². The molecule has 1 aromatic rings. The lowest BCUT2D eigenvalue weighted by atomic mass is 9.96. The van der Waals surface area contributed by atoms with Gasteiger partial charge in [-0.15, -0.1) is 0 Å². The average molecular weight is 302 g/mol. The standard InChI is InChI=1S/C19H30N2O/c1-4-5-16-6-8-18(9-7-16)19(22)20-14-17-10-12-21(13-11-17)15(2)3/h6-9,15,17H,4-5,10-14H2,1-3H3,(H,20,22). The Bertz CT molecular complexity index is 459. The Morgan fingerprint density at radius 1 is 1.23 bits per heavy atom. The summed E-state index contributed by atoms with van der Waals surface area (Å²) in [6.07, 6.45) is 4.60. The molecule has 3 heteroatoms. The van der Waals surface area contributed by atoms with Crippen molar-refractivity contribution in [2.75, 3.05) is 19.6 Å². The largest absolute Gasteiger partial charge is 0.352 e. The molecule has 1 aliphatic heterocycles. The number of piperidine rings is 1. The van der Waals surface area contributed by atoms with Crippen LogP contribution in [-0.2, 0) is 6.42 Å². The van der Waals surface area contributed by atoms with E-state index in [1.807, 2.05) is 12.1 Å². The van der Waals surface area contributed by atoms with Gasteiger partial charge in [-0.05, 0) is 69.8 Å². The zero-order valence-electron chi connectivity index (χ0n) is 14.3. The molecule has 0 radical (unpaired) electrons. The van der Waals surface area contributed by atoms with Gasteiger partial charge in [-0.2, -0.15) is 0 Å². The highest BCUT2D eigenvalue weighted by Gasteiger charge is 2.21. The van der Waals surface area contributed by atoms with Gasteiger partial charge in [0.25, 0.3) is 5.91 Å². The number of hydrogen-bond acceptors (Lipinski definition) is 2. The van der Waals surface area contributed by atoms with Crippen LogP contribution in [-0.4, -0.2) is 36.5 Å². The summed E-state index contributed by atoms with van der Waals surface area (Å²) in [6.45, 7) is 9.80. The molecule has 0 spiro atoms. The van der Waals surface area contributed by atoms with Gasteiger partial charge >= 0.3 is 0 Å². The van der Waals surface area contributed by atoms with Gasteiger partial charge < -0.3 is 10.2 Å². The van der Waals surface area contributed by atoms with Crippen LogP contribution in [0.4, 0.5) is 0 Å². The molecule has 1 aromatic carbocycles. The lowest BCUT2D eigenvalue weighted by molar-refractivity contribution is 0.0929. The van der Waals surface area contributed by atoms with E-state index in [9.17, 15) is 4.79 Å². The van der Waals surface area contributed by atoms with Crippen LogP contribution in [0.3, 0.4) is 0 Å². The summed E-state index contributed by atoms with van der Waals surface area (Å²) in [7, 11) is 0. The lowest BCUT2D eigenvalue weighted by Crippen LogP contribution is -2.41. The van der Waals surface area contributed by atoms with Gasteiger partial charge in [0.1, 0.15) is 0 Å². The number of carbonyl (C=O) groups excluding carboxylic acids is 1. The molecule has 22 heavy (non-hydrogen) atoms. The molecule has 1 fully saturated rings. The van der Waals surface area contributed by atoms with Gasteiger partial charge in [-0.1, -0.05) is 25.5 Å². The molecule has 1 heterocycles. The highest BCUT2D eigenvalue weighted by molar-refractivity contribution is 5.94. The predicted octanol–water partition coefficient (Wildman–Crippen LogP) is 3.49. The summed E-state index contributed by atoms with van der Waals surface area (Å²) in [5, 5.41) is 3.11. The second kappa shape index (κ2) is 8.33. The average Bonchev–Trinajstić information content (AvgIpc) is 2.54. The van der Waals surface area contributed by atoms with E-state index < -0.39 is 0 Å². The number of benzene rings is 1. The molecule has 122 valence electrons. The number of nitrogens with one attached hydrogen (secondary N) is 1. The van der Waals surface area contributed by atoms with E-state index in [1.165, 1.54) is 18.4 Å². The molecule has 0 bridgehead atoms. The minimum atomic E-state index is 0.0642. The van der Waals surface area contributed by atoms with Crippen molar-refractivity contribution in [2.45, 2.75) is 52.5 Å². The van der Waals surface area contributed by atoms with Gasteiger partial charge in [0.2, 0.25) is 0 Å². The minimum absolute atomic E-state index is 0.0642. The van der Waals surface area contributed by atoms with Crippen molar-refractivity contribution in [3.05, 3.63) is 35.4 Å². The topological polar surface area (TPSA) is 32.3 Å². The van der Waals surface area contributed by atoms with E-state index in [2.05, 4.69) is 43.1 Å². The van der Waals surface area contributed by atoms with Crippen molar-refractivity contribution in [3.8, 4) is 0 Å². The third-order valence-electron chi connectivity index (χ3n) is 4.69. The van der Waals surface area contributed by atoms with Crippen LogP contribution in [0.15, 0.2) is 24.3 Å². The van der Waals surface area contributed by atoms with Crippen LogP contribution >= 0.6 is 0 Å². The third kappa shape index (κ3) is 4.84. The molecule has 1 aliphatic rings. The zero-order valence-corrected chi connectivity index (χ0v) is 14.3. The summed E-state index contributed by atoms with van der Waals surface area (Å²) in [4.78, 5) is 14.7. The predicted molar refractivity (Wildman–Crippen MR) is 92.2 cm³/mol. The van der Waals surface area contributed by atoms with E-state index in [0.717, 1.165) is 38.0 Å². The number of aryl methyl sites for hydroxylation is 1. The minimum Gasteiger partial charge on any atom is -0.352 e. The fourth-order valence-corrected chi connectivity index (χ4v) is 3.12. The van der Waals surface area contributed by atoms with Crippen LogP contribution in [0, 0.1) is 5.92 Å². The molecule has 0 aromatic heterocycles. The number of carbonyl (C=O) groups is 1. The van der Waals surface area contributed by atoms with Crippen molar-refractivity contribution in [2.24, 2.45) is 5.92 Å². The maximum absolute atomic E-state index is 12.2. The summed E-state index contributed by atoms with van der Waals surface area (Å²) in [5.74, 6) is 0.688. The SMILES string of the molecule is CCCc1ccc(C(=O)NCC2CCN(C(C)C)CC2)cc1. The second-order valence-corrected chi connectivity index (χ2v) is 6.73. The fourth-order valence-electron chi connectivity index (χ4n) is 3.12. The van der Waals surface area contributed by atoms with E-state index in [4.69, 9.17) is 0 Å². The van der Waals surface area contributed by atoms with Crippen molar-refractivity contribution >= 4 is 5.91 Å². The molecule has 0 unspecified atom stereocenters. The van der Waals surface area contributed by atoms with Crippen molar-refractivity contribution < 1.29 is 4.79 Å². The van der Waals surface area contributed by atoms with Crippen molar-refractivity contribution in [1.29, 1.82) is 0 Å². The highest BCUT2D eigenvalue weighted by Crippen LogP contribution is 2.18. The van der Waals surface area contributed by atoms with Gasteiger partial charge in [0.05, 0.1) is 0 Å². The van der Waals surface area contributed by atoms with Crippen molar-refractivity contribution in [3.63, 3.8) is 0 Å². The Kier molecular flexibility index (Phi) is 6.44. The Balaban J connectivity index is 1.76. The molecule has 1 N–H and O–H groups in total. The first-order chi connectivity index (χ1) is 10.6. The van der Waals surface area contributed by atoms with Crippen LogP contribution in [0.25, 0.3) is 0 Å².